The number of benzene rings is 4. The molecule has 0 heterocycles. The van der Waals surface area contributed by atoms with E-state index >= 15 is 0 Å². The van der Waals surface area contributed by atoms with Crippen molar-refractivity contribution in [3.63, 3.8) is 0 Å². The minimum absolute atomic E-state index is 0.596. The van der Waals surface area contributed by atoms with Crippen molar-refractivity contribution in [3.8, 4) is 11.1 Å². The summed E-state index contributed by atoms with van der Waals surface area (Å²) in [5.41, 5.74) is 3.09. The Balaban J connectivity index is 2.02. The largest absolute Gasteiger partial charge is 0.376 e. The molecule has 4 aromatic rings. The SMILES string of the molecule is OC(c1ccccc1)(c1cccc(Cl)c1)c1ccccc1-c1ccccc1. The van der Waals surface area contributed by atoms with Gasteiger partial charge in [0, 0.05) is 10.6 Å². The highest BCUT2D eigenvalue weighted by atomic mass is 35.5. The molecule has 0 aliphatic heterocycles. The summed E-state index contributed by atoms with van der Waals surface area (Å²) in [4.78, 5) is 0. The first-order valence-electron chi connectivity index (χ1n) is 8.88. The predicted molar refractivity (Wildman–Crippen MR) is 112 cm³/mol. The molecule has 1 N–H and O–H groups in total. The molecule has 4 aromatic carbocycles. The second kappa shape index (κ2) is 7.40. The standard InChI is InChI=1S/C25H19ClO/c26-22-15-9-14-21(18-22)25(27,20-12-5-2-6-13-20)24-17-8-7-16-23(24)19-10-3-1-4-11-19/h1-18,27H. The van der Waals surface area contributed by atoms with E-state index in [0.717, 1.165) is 27.8 Å². The van der Waals surface area contributed by atoms with Crippen molar-refractivity contribution in [1.29, 1.82) is 0 Å². The van der Waals surface area contributed by atoms with Gasteiger partial charge in [0.2, 0.25) is 0 Å². The Hall–Kier alpha value is -2.87. The molecule has 4 rings (SSSR count). The fourth-order valence-corrected chi connectivity index (χ4v) is 3.73. The third kappa shape index (κ3) is 3.28. The Morgan fingerprint density at radius 1 is 0.593 bits per heavy atom. The summed E-state index contributed by atoms with van der Waals surface area (Å²) < 4.78 is 0. The van der Waals surface area contributed by atoms with Gasteiger partial charge in [-0.05, 0) is 34.4 Å². The van der Waals surface area contributed by atoms with E-state index in [2.05, 4.69) is 12.1 Å². The Labute approximate surface area is 164 Å². The Morgan fingerprint density at radius 3 is 1.89 bits per heavy atom. The molecular formula is C25H19ClO. The molecule has 1 unspecified atom stereocenters. The minimum atomic E-state index is -1.32. The number of aliphatic hydroxyl groups is 1. The zero-order valence-electron chi connectivity index (χ0n) is 14.7. The lowest BCUT2D eigenvalue weighted by Gasteiger charge is -2.32. The van der Waals surface area contributed by atoms with Crippen molar-refractivity contribution in [3.05, 3.63) is 131 Å². The maximum Gasteiger partial charge on any atom is 0.141 e. The van der Waals surface area contributed by atoms with Crippen molar-refractivity contribution < 1.29 is 5.11 Å². The number of rotatable bonds is 4. The van der Waals surface area contributed by atoms with Crippen LogP contribution in [0.5, 0.6) is 0 Å². The van der Waals surface area contributed by atoms with Crippen LogP contribution < -0.4 is 0 Å². The van der Waals surface area contributed by atoms with Crippen molar-refractivity contribution in [2.24, 2.45) is 0 Å². The van der Waals surface area contributed by atoms with Gasteiger partial charge in [-0.15, -0.1) is 0 Å². The van der Waals surface area contributed by atoms with Gasteiger partial charge in [0.05, 0.1) is 0 Å². The van der Waals surface area contributed by atoms with Crippen LogP contribution in [0, 0.1) is 0 Å². The maximum atomic E-state index is 12.1. The molecule has 1 atom stereocenters. The van der Waals surface area contributed by atoms with Gasteiger partial charge < -0.3 is 5.11 Å². The lowest BCUT2D eigenvalue weighted by Crippen LogP contribution is -2.29. The van der Waals surface area contributed by atoms with Crippen LogP contribution in [0.25, 0.3) is 11.1 Å². The van der Waals surface area contributed by atoms with Crippen molar-refractivity contribution in [2.75, 3.05) is 0 Å². The van der Waals surface area contributed by atoms with Crippen LogP contribution in [0.2, 0.25) is 5.02 Å². The normalized spacial score (nSPS) is 13.1. The molecule has 0 saturated carbocycles. The van der Waals surface area contributed by atoms with E-state index in [4.69, 9.17) is 11.6 Å². The molecule has 132 valence electrons. The van der Waals surface area contributed by atoms with Gasteiger partial charge in [-0.2, -0.15) is 0 Å². The van der Waals surface area contributed by atoms with E-state index in [-0.39, 0.29) is 0 Å². The quantitative estimate of drug-likeness (QED) is 0.418. The summed E-state index contributed by atoms with van der Waals surface area (Å²) in [7, 11) is 0. The Bertz CT molecular complexity index is 1040. The molecule has 1 nitrogen and oxygen atoms in total. The molecule has 0 aromatic heterocycles. The molecule has 0 bridgehead atoms. The van der Waals surface area contributed by atoms with Crippen LogP contribution in [0.3, 0.4) is 0 Å². The van der Waals surface area contributed by atoms with Crippen LogP contribution in [0.1, 0.15) is 16.7 Å². The van der Waals surface area contributed by atoms with Crippen LogP contribution in [0.4, 0.5) is 0 Å². The zero-order chi connectivity index (χ0) is 18.7. The van der Waals surface area contributed by atoms with E-state index in [1.165, 1.54) is 0 Å². The highest BCUT2D eigenvalue weighted by Gasteiger charge is 2.35. The van der Waals surface area contributed by atoms with E-state index in [1.54, 1.807) is 0 Å². The number of hydrogen-bond acceptors (Lipinski definition) is 1. The third-order valence-electron chi connectivity index (χ3n) is 4.84. The number of hydrogen-bond donors (Lipinski definition) is 1. The molecule has 0 radical (unpaired) electrons. The Kier molecular flexibility index (Phi) is 4.81. The molecule has 0 spiro atoms. The average molecular weight is 371 g/mol. The first-order valence-corrected chi connectivity index (χ1v) is 9.26. The van der Waals surface area contributed by atoms with Gasteiger partial charge in [-0.1, -0.05) is 109 Å². The second-order valence-electron chi connectivity index (χ2n) is 6.50. The highest BCUT2D eigenvalue weighted by molar-refractivity contribution is 6.30. The smallest absolute Gasteiger partial charge is 0.141 e. The molecule has 0 aliphatic carbocycles. The van der Waals surface area contributed by atoms with Gasteiger partial charge in [0.1, 0.15) is 5.60 Å². The van der Waals surface area contributed by atoms with E-state index in [1.807, 2.05) is 97.1 Å². The molecule has 2 heteroatoms. The summed E-state index contributed by atoms with van der Waals surface area (Å²) in [6.45, 7) is 0. The van der Waals surface area contributed by atoms with Crippen molar-refractivity contribution in [1.82, 2.24) is 0 Å². The lowest BCUT2D eigenvalue weighted by molar-refractivity contribution is 0.126. The summed E-state index contributed by atoms with van der Waals surface area (Å²) in [5, 5.41) is 12.7. The topological polar surface area (TPSA) is 20.2 Å². The summed E-state index contributed by atoms with van der Waals surface area (Å²) in [6, 6.07) is 35.3. The van der Waals surface area contributed by atoms with Crippen LogP contribution in [-0.4, -0.2) is 5.11 Å². The first-order chi connectivity index (χ1) is 13.2. The molecule has 0 amide bonds. The summed E-state index contributed by atoms with van der Waals surface area (Å²) in [5.74, 6) is 0. The maximum absolute atomic E-state index is 12.1. The molecule has 27 heavy (non-hydrogen) atoms. The van der Waals surface area contributed by atoms with E-state index in [9.17, 15) is 5.11 Å². The van der Waals surface area contributed by atoms with Gasteiger partial charge in [0.25, 0.3) is 0 Å². The van der Waals surface area contributed by atoms with Crippen LogP contribution >= 0.6 is 11.6 Å². The molecule has 0 saturated heterocycles. The fourth-order valence-electron chi connectivity index (χ4n) is 3.54. The lowest BCUT2D eigenvalue weighted by atomic mass is 9.77. The fraction of sp³-hybridized carbons (Fsp3) is 0.0400. The Morgan fingerprint density at radius 2 is 1.19 bits per heavy atom. The predicted octanol–water partition coefficient (Wildman–Crippen LogP) is 6.29. The first kappa shape index (κ1) is 17.5. The van der Waals surface area contributed by atoms with Gasteiger partial charge >= 0.3 is 0 Å². The molecule has 0 fully saturated rings. The van der Waals surface area contributed by atoms with E-state index < -0.39 is 5.60 Å². The molecule has 0 aliphatic rings. The monoisotopic (exact) mass is 370 g/mol. The van der Waals surface area contributed by atoms with Gasteiger partial charge in [0.15, 0.2) is 0 Å². The van der Waals surface area contributed by atoms with Crippen LogP contribution in [-0.2, 0) is 5.60 Å². The second-order valence-corrected chi connectivity index (χ2v) is 6.93. The van der Waals surface area contributed by atoms with Gasteiger partial charge in [-0.25, -0.2) is 0 Å². The van der Waals surface area contributed by atoms with E-state index in [0.29, 0.717) is 5.02 Å². The number of halogens is 1. The summed E-state index contributed by atoms with van der Waals surface area (Å²) in [6.07, 6.45) is 0. The van der Waals surface area contributed by atoms with Crippen LogP contribution in [0.15, 0.2) is 109 Å². The van der Waals surface area contributed by atoms with Crippen molar-refractivity contribution >= 4 is 11.6 Å². The summed E-state index contributed by atoms with van der Waals surface area (Å²) >= 11 is 6.27. The molecular weight excluding hydrogens is 352 g/mol. The highest BCUT2D eigenvalue weighted by Crippen LogP contribution is 2.41. The minimum Gasteiger partial charge on any atom is -0.376 e. The zero-order valence-corrected chi connectivity index (χ0v) is 15.5. The average Bonchev–Trinajstić information content (AvgIpc) is 2.74. The third-order valence-corrected chi connectivity index (χ3v) is 5.07. The van der Waals surface area contributed by atoms with Gasteiger partial charge in [-0.3, -0.25) is 0 Å². The van der Waals surface area contributed by atoms with Crippen molar-refractivity contribution in [2.45, 2.75) is 5.60 Å².